The van der Waals surface area contributed by atoms with Crippen molar-refractivity contribution >= 4 is 28.7 Å². The molecule has 3 aromatic rings. The van der Waals surface area contributed by atoms with E-state index in [4.69, 9.17) is 23.9 Å². The average Bonchev–Trinajstić information content (AvgIpc) is 3.48. The van der Waals surface area contributed by atoms with Crippen LogP contribution in [0, 0.1) is 0 Å². The number of fused-ring (bicyclic) bond motifs is 1. The Labute approximate surface area is 227 Å². The predicted octanol–water partition coefficient (Wildman–Crippen LogP) is 4.25. The summed E-state index contributed by atoms with van der Waals surface area (Å²) in [6, 6.07) is 5.29. The molecular weight excluding hydrogens is 504 g/mol. The summed E-state index contributed by atoms with van der Waals surface area (Å²) in [5.74, 6) is 0.598. The second kappa shape index (κ2) is 11.3. The smallest absolute Gasteiger partial charge is 0.419 e. The van der Waals surface area contributed by atoms with Crippen molar-refractivity contribution in [3.63, 3.8) is 0 Å². The maximum absolute atomic E-state index is 13.2. The van der Waals surface area contributed by atoms with Gasteiger partial charge in [-0.1, -0.05) is 0 Å². The molecule has 0 aliphatic carbocycles. The Morgan fingerprint density at radius 3 is 2.67 bits per heavy atom. The Bertz CT molecular complexity index is 1350. The first kappa shape index (κ1) is 28.5. The van der Waals surface area contributed by atoms with Gasteiger partial charge in [0.15, 0.2) is 0 Å². The number of hydrogen-bond donors (Lipinski definition) is 2. The van der Waals surface area contributed by atoms with Gasteiger partial charge in [0.05, 0.1) is 42.4 Å². The van der Waals surface area contributed by atoms with Crippen LogP contribution in [0.3, 0.4) is 0 Å². The molecule has 11 nitrogen and oxygen atoms in total. The highest BCUT2D eigenvalue weighted by Crippen LogP contribution is 2.38. The molecule has 3 aromatic heterocycles. The molecule has 210 valence electrons. The summed E-state index contributed by atoms with van der Waals surface area (Å²) in [4.78, 5) is 34.1. The zero-order chi connectivity index (χ0) is 28.4. The first-order valence-electron chi connectivity index (χ1n) is 12.9. The van der Waals surface area contributed by atoms with E-state index >= 15 is 0 Å². The van der Waals surface area contributed by atoms with Crippen molar-refractivity contribution in [2.24, 2.45) is 0 Å². The number of methoxy groups -OCH3 is 1. The van der Waals surface area contributed by atoms with Gasteiger partial charge < -0.3 is 29.4 Å². The Morgan fingerprint density at radius 2 is 2.05 bits per heavy atom. The highest BCUT2D eigenvalue weighted by atomic mass is 16.6. The molecular formula is C28H36N4O7. The van der Waals surface area contributed by atoms with E-state index in [9.17, 15) is 14.7 Å². The van der Waals surface area contributed by atoms with Crippen molar-refractivity contribution in [2.45, 2.75) is 64.8 Å². The highest BCUT2D eigenvalue weighted by molar-refractivity contribution is 6.02. The summed E-state index contributed by atoms with van der Waals surface area (Å²) in [6.45, 7) is 9.64. The third kappa shape index (κ3) is 6.55. The maximum Gasteiger partial charge on any atom is 0.419 e. The zero-order valence-electron chi connectivity index (χ0n) is 23.2. The summed E-state index contributed by atoms with van der Waals surface area (Å²) in [5.41, 5.74) is 0.773. The lowest BCUT2D eigenvalue weighted by Crippen LogP contribution is -2.30. The van der Waals surface area contributed by atoms with Crippen molar-refractivity contribution in [2.75, 3.05) is 32.2 Å². The van der Waals surface area contributed by atoms with Crippen molar-refractivity contribution < 1.29 is 33.6 Å². The fraction of sp³-hybridized carbons (Fsp3) is 0.500. The van der Waals surface area contributed by atoms with Crippen LogP contribution >= 0.6 is 0 Å². The van der Waals surface area contributed by atoms with Gasteiger partial charge in [-0.2, -0.15) is 0 Å². The molecule has 1 saturated heterocycles. The topological polar surface area (TPSA) is 134 Å². The Hall–Kier alpha value is -3.54. The number of aromatic nitrogens is 3. The monoisotopic (exact) mass is 540 g/mol. The van der Waals surface area contributed by atoms with Gasteiger partial charge in [-0.3, -0.25) is 9.36 Å². The van der Waals surface area contributed by atoms with Crippen molar-refractivity contribution in [1.29, 1.82) is 0 Å². The lowest BCUT2D eigenvalue weighted by atomic mass is 9.96. The minimum Gasteiger partial charge on any atom is -0.493 e. The number of nitrogens with one attached hydrogen (secondary N) is 1. The number of nitrogens with zero attached hydrogens (tertiary/aromatic N) is 3. The van der Waals surface area contributed by atoms with Gasteiger partial charge in [-0.05, 0) is 33.8 Å². The molecule has 1 aliphatic heterocycles. The molecule has 0 spiro atoms. The Morgan fingerprint density at radius 1 is 1.28 bits per heavy atom. The maximum atomic E-state index is 13.2. The van der Waals surface area contributed by atoms with E-state index in [0.717, 1.165) is 0 Å². The summed E-state index contributed by atoms with van der Waals surface area (Å²) < 4.78 is 24.6. The van der Waals surface area contributed by atoms with Gasteiger partial charge >= 0.3 is 6.09 Å². The van der Waals surface area contributed by atoms with Crippen LogP contribution in [0.5, 0.6) is 5.75 Å². The number of pyridine rings is 2. The van der Waals surface area contributed by atoms with Gasteiger partial charge in [-0.15, -0.1) is 0 Å². The van der Waals surface area contributed by atoms with Gasteiger partial charge in [-0.25, -0.2) is 14.8 Å². The van der Waals surface area contributed by atoms with Crippen LogP contribution in [-0.4, -0.2) is 70.3 Å². The van der Waals surface area contributed by atoms with Crippen molar-refractivity contribution in [3.8, 4) is 17.0 Å². The Kier molecular flexibility index (Phi) is 8.24. The molecule has 1 unspecified atom stereocenters. The molecule has 0 saturated carbocycles. The standard InChI is InChI=1S/C28H36N4O7/c1-17(33)7-9-38-19-11-22(31-24(12-19)28(36-6)8-10-37-16-28)21-15-32(26(35)39-27(3,4)5)23-14-29-25(13-20(21)23)30-18(2)34/h11-15,17,33H,7-10,16H2,1-6H3,(H,29,30,34)/t17?,28-/m0/s1. The van der Waals surface area contributed by atoms with Crippen LogP contribution < -0.4 is 10.1 Å². The normalized spacial score (nSPS) is 18.2. The molecule has 2 N–H and O–H groups in total. The first-order valence-corrected chi connectivity index (χ1v) is 12.9. The van der Waals surface area contributed by atoms with E-state index < -0.39 is 23.4 Å². The van der Waals surface area contributed by atoms with Gasteiger partial charge in [0, 0.05) is 62.8 Å². The molecule has 0 bridgehead atoms. The number of ether oxygens (including phenoxy) is 4. The summed E-state index contributed by atoms with van der Waals surface area (Å²) in [6.07, 6.45) is 3.15. The largest absolute Gasteiger partial charge is 0.493 e. The van der Waals surface area contributed by atoms with Crippen LogP contribution in [0.1, 0.15) is 53.2 Å². The summed E-state index contributed by atoms with van der Waals surface area (Å²) >= 11 is 0. The molecule has 0 radical (unpaired) electrons. The molecule has 1 aliphatic rings. The molecule has 4 heterocycles. The number of hydrogen-bond acceptors (Lipinski definition) is 9. The molecule has 2 atom stereocenters. The Balaban J connectivity index is 1.90. The van der Waals surface area contributed by atoms with Crippen LogP contribution in [0.25, 0.3) is 22.2 Å². The molecule has 0 aromatic carbocycles. The first-order chi connectivity index (χ1) is 18.4. The second-order valence-electron chi connectivity index (χ2n) is 10.7. The molecule has 11 heteroatoms. The summed E-state index contributed by atoms with van der Waals surface area (Å²) in [5, 5.41) is 13.0. The van der Waals surface area contributed by atoms with E-state index in [1.54, 1.807) is 53.1 Å². The molecule has 39 heavy (non-hydrogen) atoms. The molecule has 1 amide bonds. The summed E-state index contributed by atoms with van der Waals surface area (Å²) in [7, 11) is 1.62. The van der Waals surface area contributed by atoms with Crippen molar-refractivity contribution in [3.05, 3.63) is 36.3 Å². The number of carbonyl (C=O) groups excluding carboxylic acids is 2. The van der Waals surface area contributed by atoms with E-state index in [-0.39, 0.29) is 5.91 Å². The van der Waals surface area contributed by atoms with Gasteiger partial charge in [0.2, 0.25) is 5.91 Å². The number of aliphatic hydroxyl groups excluding tert-OH is 1. The number of amides is 1. The minimum atomic E-state index is -0.759. The van der Waals surface area contributed by atoms with Crippen LogP contribution in [0.2, 0.25) is 0 Å². The van der Waals surface area contributed by atoms with E-state index in [1.807, 2.05) is 6.07 Å². The SMILES string of the molecule is CO[C@@]1(c2cc(OCCC(C)O)cc(-c3cn(C(=O)OC(C)(C)C)c4cnc(NC(C)=O)cc34)n2)CCOC1. The third-order valence-corrected chi connectivity index (χ3v) is 6.31. The van der Waals surface area contributed by atoms with E-state index in [1.165, 1.54) is 17.7 Å². The minimum absolute atomic E-state index is 0.271. The number of aliphatic hydroxyl groups is 1. The zero-order valence-corrected chi connectivity index (χ0v) is 23.2. The third-order valence-electron chi connectivity index (χ3n) is 6.31. The van der Waals surface area contributed by atoms with Crippen LogP contribution in [-0.2, 0) is 24.6 Å². The molecule has 4 rings (SSSR count). The van der Waals surface area contributed by atoms with Crippen molar-refractivity contribution in [1.82, 2.24) is 14.5 Å². The second-order valence-corrected chi connectivity index (χ2v) is 10.7. The predicted molar refractivity (Wildman–Crippen MR) is 145 cm³/mol. The fourth-order valence-corrected chi connectivity index (χ4v) is 4.36. The quantitative estimate of drug-likeness (QED) is 0.430. The highest BCUT2D eigenvalue weighted by Gasteiger charge is 2.39. The number of rotatable bonds is 8. The lowest BCUT2D eigenvalue weighted by Gasteiger charge is -2.26. The fourth-order valence-electron chi connectivity index (χ4n) is 4.36. The number of carbonyl (C=O) groups is 2. The van der Waals surface area contributed by atoms with Gasteiger partial charge in [0.1, 0.15) is 22.8 Å². The van der Waals surface area contributed by atoms with E-state index in [0.29, 0.717) is 72.1 Å². The average molecular weight is 541 g/mol. The number of anilines is 1. The lowest BCUT2D eigenvalue weighted by molar-refractivity contribution is -0.114. The van der Waals surface area contributed by atoms with Gasteiger partial charge in [0.25, 0.3) is 0 Å². The molecule has 1 fully saturated rings. The van der Waals surface area contributed by atoms with E-state index in [2.05, 4.69) is 10.3 Å². The van der Waals surface area contributed by atoms with Crippen LogP contribution in [0.15, 0.2) is 30.6 Å². The van der Waals surface area contributed by atoms with Crippen LogP contribution in [0.4, 0.5) is 10.6 Å².